The van der Waals surface area contributed by atoms with Crippen molar-refractivity contribution in [2.45, 2.75) is 26.2 Å². The zero-order valence-corrected chi connectivity index (χ0v) is 9.63. The van der Waals surface area contributed by atoms with Crippen LogP contribution < -0.4 is 5.73 Å². The molecular weight excluding hydrogens is 212 g/mol. The maximum atomic E-state index is 11.1. The lowest BCUT2D eigenvalue weighted by Gasteiger charge is -2.14. The topological polar surface area (TPSA) is 73.8 Å². The number of hydrogen-bond donors (Lipinski definition) is 1. The summed E-state index contributed by atoms with van der Waals surface area (Å²) in [5.74, 6) is 0. The minimum Gasteiger partial charge on any atom is -0.350 e. The second-order valence-electron chi connectivity index (χ2n) is 4.35. The van der Waals surface area contributed by atoms with Gasteiger partial charge < -0.3 is 5.73 Å². The van der Waals surface area contributed by atoms with E-state index in [0.717, 1.165) is 15.1 Å². The van der Waals surface area contributed by atoms with Gasteiger partial charge in [-0.25, -0.2) is 9.78 Å². The van der Waals surface area contributed by atoms with Crippen LogP contribution in [0.1, 0.15) is 26.5 Å². The van der Waals surface area contributed by atoms with Crippen molar-refractivity contribution in [2.24, 2.45) is 5.73 Å². The van der Waals surface area contributed by atoms with Crippen LogP contribution in [0.4, 0.5) is 4.79 Å². The van der Waals surface area contributed by atoms with Crippen molar-refractivity contribution in [3.63, 3.8) is 0 Å². The van der Waals surface area contributed by atoms with E-state index in [9.17, 15) is 4.79 Å². The van der Waals surface area contributed by atoms with Gasteiger partial charge in [0.15, 0.2) is 5.65 Å². The summed E-state index contributed by atoms with van der Waals surface area (Å²) in [6, 6.07) is -0.596. The fourth-order valence-electron chi connectivity index (χ4n) is 1.39. The Labute approximate surface area is 90.9 Å². The summed E-state index contributed by atoms with van der Waals surface area (Å²) in [5, 5.41) is 4.21. The van der Waals surface area contributed by atoms with E-state index in [2.05, 4.69) is 10.1 Å². The van der Waals surface area contributed by atoms with Crippen LogP contribution in [0.5, 0.6) is 0 Å². The lowest BCUT2D eigenvalue weighted by atomic mass is 9.92. The summed E-state index contributed by atoms with van der Waals surface area (Å²) < 4.78 is 2.09. The van der Waals surface area contributed by atoms with Crippen molar-refractivity contribution in [3.8, 4) is 0 Å². The second-order valence-corrected chi connectivity index (χ2v) is 5.21. The summed E-state index contributed by atoms with van der Waals surface area (Å²) in [5.41, 5.74) is 8.21. The molecule has 0 bridgehead atoms. The molecule has 5 nitrogen and oxygen atoms in total. The molecule has 1 amide bonds. The van der Waals surface area contributed by atoms with Crippen LogP contribution in [0.15, 0.2) is 5.51 Å². The van der Waals surface area contributed by atoms with Gasteiger partial charge in [-0.2, -0.15) is 9.78 Å². The maximum Gasteiger partial charge on any atom is 0.341 e. The van der Waals surface area contributed by atoms with Crippen LogP contribution >= 0.6 is 11.3 Å². The third-order valence-electron chi connectivity index (χ3n) is 2.08. The number of carbonyl (C=O) groups is 1. The van der Waals surface area contributed by atoms with E-state index in [0.29, 0.717) is 5.65 Å². The Morgan fingerprint density at radius 3 is 2.73 bits per heavy atom. The number of nitrogens with zero attached hydrogens (tertiary/aromatic N) is 3. The van der Waals surface area contributed by atoms with Gasteiger partial charge in [0.2, 0.25) is 0 Å². The Balaban J connectivity index is 2.77. The Kier molecular flexibility index (Phi) is 2.04. The highest BCUT2D eigenvalue weighted by Crippen LogP contribution is 2.31. The van der Waals surface area contributed by atoms with Crippen LogP contribution in [-0.2, 0) is 5.41 Å². The molecule has 0 aliphatic rings. The highest BCUT2D eigenvalue weighted by Gasteiger charge is 2.25. The number of carbonyl (C=O) groups excluding carboxylic acids is 1. The molecule has 2 aromatic rings. The molecule has 0 fully saturated rings. The number of thiazole rings is 1. The molecule has 2 N–H and O–H groups in total. The van der Waals surface area contributed by atoms with Crippen molar-refractivity contribution in [3.05, 3.63) is 11.2 Å². The Morgan fingerprint density at radius 1 is 1.53 bits per heavy atom. The van der Waals surface area contributed by atoms with Gasteiger partial charge in [0.05, 0.1) is 15.9 Å². The molecule has 0 atom stereocenters. The standard InChI is InChI=1S/C9H12N4OS/c1-9(2,3)6-5-7(11-4-15-5)13(12-6)8(10)14/h4H,1-3H3,(H2,10,14). The third-order valence-corrected chi connectivity index (χ3v) is 2.91. The van der Waals surface area contributed by atoms with Crippen molar-refractivity contribution < 1.29 is 4.79 Å². The summed E-state index contributed by atoms with van der Waals surface area (Å²) in [6.45, 7) is 6.12. The number of nitrogens with two attached hydrogens (primary N) is 1. The van der Waals surface area contributed by atoms with Gasteiger partial charge in [0.1, 0.15) is 0 Å². The summed E-state index contributed by atoms with van der Waals surface area (Å²) in [4.78, 5) is 15.2. The average Bonchev–Trinajstić information content (AvgIpc) is 2.57. The first-order valence-corrected chi connectivity index (χ1v) is 5.41. The minimum atomic E-state index is -0.596. The molecule has 2 aromatic heterocycles. The average molecular weight is 224 g/mol. The number of primary amides is 1. The Morgan fingerprint density at radius 2 is 2.20 bits per heavy atom. The van der Waals surface area contributed by atoms with E-state index >= 15 is 0 Å². The van der Waals surface area contributed by atoms with E-state index in [1.807, 2.05) is 20.8 Å². The predicted octanol–water partition coefficient (Wildman–Crippen LogP) is 1.72. The van der Waals surface area contributed by atoms with E-state index in [1.54, 1.807) is 5.51 Å². The summed E-state index contributed by atoms with van der Waals surface area (Å²) in [7, 11) is 0. The number of fused-ring (bicyclic) bond motifs is 1. The Bertz CT molecular complexity index is 520. The fraction of sp³-hybridized carbons (Fsp3) is 0.444. The van der Waals surface area contributed by atoms with Gasteiger partial charge in [0, 0.05) is 5.41 Å². The number of hydrogen-bond acceptors (Lipinski definition) is 4. The van der Waals surface area contributed by atoms with Crippen molar-refractivity contribution in [1.29, 1.82) is 0 Å². The molecule has 0 aliphatic carbocycles. The molecule has 0 aliphatic heterocycles. The minimum absolute atomic E-state index is 0.120. The lowest BCUT2D eigenvalue weighted by molar-refractivity contribution is 0.248. The first-order chi connectivity index (χ1) is 6.91. The molecular formula is C9H12N4OS. The molecule has 0 saturated heterocycles. The van der Waals surface area contributed by atoms with Gasteiger partial charge >= 0.3 is 6.03 Å². The molecule has 6 heteroatoms. The zero-order valence-electron chi connectivity index (χ0n) is 8.81. The monoisotopic (exact) mass is 224 g/mol. The largest absolute Gasteiger partial charge is 0.350 e. The normalized spacial score (nSPS) is 12.2. The molecule has 15 heavy (non-hydrogen) atoms. The van der Waals surface area contributed by atoms with Crippen LogP contribution in [-0.4, -0.2) is 20.8 Å². The number of aromatic nitrogens is 3. The second kappa shape index (κ2) is 3.03. The lowest BCUT2D eigenvalue weighted by Crippen LogP contribution is -2.22. The molecule has 0 radical (unpaired) electrons. The highest BCUT2D eigenvalue weighted by molar-refractivity contribution is 7.16. The van der Waals surface area contributed by atoms with Crippen molar-refractivity contribution in [2.75, 3.05) is 0 Å². The van der Waals surface area contributed by atoms with Crippen molar-refractivity contribution in [1.82, 2.24) is 14.8 Å². The molecule has 0 unspecified atom stereocenters. The van der Waals surface area contributed by atoms with Gasteiger partial charge in [-0.1, -0.05) is 20.8 Å². The highest BCUT2D eigenvalue weighted by atomic mass is 32.1. The van der Waals surface area contributed by atoms with Crippen molar-refractivity contribution >= 4 is 27.7 Å². The van der Waals surface area contributed by atoms with Crippen LogP contribution in [0.25, 0.3) is 10.3 Å². The van der Waals surface area contributed by atoms with E-state index in [-0.39, 0.29) is 5.41 Å². The van der Waals surface area contributed by atoms with Gasteiger partial charge in [-0.3, -0.25) is 0 Å². The zero-order chi connectivity index (χ0) is 11.2. The van der Waals surface area contributed by atoms with Crippen LogP contribution in [0.2, 0.25) is 0 Å². The molecule has 0 aromatic carbocycles. The van der Waals surface area contributed by atoms with Crippen LogP contribution in [0.3, 0.4) is 0 Å². The van der Waals surface area contributed by atoms with Gasteiger partial charge in [0.25, 0.3) is 0 Å². The molecule has 0 saturated carbocycles. The summed E-state index contributed by atoms with van der Waals surface area (Å²) >= 11 is 1.48. The summed E-state index contributed by atoms with van der Waals surface area (Å²) in [6.07, 6.45) is 0. The number of amides is 1. The molecule has 2 rings (SSSR count). The predicted molar refractivity (Wildman–Crippen MR) is 59.1 cm³/mol. The molecule has 80 valence electrons. The maximum absolute atomic E-state index is 11.1. The van der Waals surface area contributed by atoms with E-state index in [4.69, 9.17) is 5.73 Å². The number of rotatable bonds is 0. The van der Waals surface area contributed by atoms with E-state index < -0.39 is 6.03 Å². The smallest absolute Gasteiger partial charge is 0.341 e. The van der Waals surface area contributed by atoms with E-state index in [1.165, 1.54) is 11.3 Å². The molecule has 2 heterocycles. The first-order valence-electron chi connectivity index (χ1n) is 4.54. The SMILES string of the molecule is CC(C)(C)c1nn(C(N)=O)c2ncsc12. The van der Waals surface area contributed by atoms with Gasteiger partial charge in [-0.15, -0.1) is 11.3 Å². The fourth-order valence-corrected chi connectivity index (χ4v) is 2.35. The quantitative estimate of drug-likeness (QED) is 0.740. The van der Waals surface area contributed by atoms with Crippen LogP contribution in [0, 0.1) is 0 Å². The molecule has 0 spiro atoms. The Hall–Kier alpha value is -1.43. The first kappa shape index (κ1) is 10.1. The van der Waals surface area contributed by atoms with Gasteiger partial charge in [-0.05, 0) is 0 Å². The third kappa shape index (κ3) is 1.50.